The van der Waals surface area contributed by atoms with Gasteiger partial charge in [-0.3, -0.25) is 0 Å². The van der Waals surface area contributed by atoms with Gasteiger partial charge < -0.3 is 15.8 Å². The molecule has 0 bridgehead atoms. The second kappa shape index (κ2) is 4.99. The fourth-order valence-corrected chi connectivity index (χ4v) is 1.75. The van der Waals surface area contributed by atoms with E-state index in [-0.39, 0.29) is 5.84 Å². The van der Waals surface area contributed by atoms with E-state index in [2.05, 4.69) is 20.0 Å². The molecule has 0 saturated heterocycles. The Kier molecular flexibility index (Phi) is 3.41. The summed E-state index contributed by atoms with van der Waals surface area (Å²) in [5.74, 6) is 1.17. The molecule has 1 fully saturated rings. The molecule has 1 heterocycles. The quantitative estimate of drug-likeness (QED) is 0.342. The summed E-state index contributed by atoms with van der Waals surface area (Å²) in [6.45, 7) is 2.66. The Balaban J connectivity index is 2.07. The Hall–Kier alpha value is -1.85. The Labute approximate surface area is 100 Å². The topological polar surface area (TPSA) is 87.6 Å². The number of rotatable bonds is 5. The lowest BCUT2D eigenvalue weighted by molar-refractivity contribution is 0.317. The van der Waals surface area contributed by atoms with Crippen LogP contribution in [0.25, 0.3) is 0 Å². The summed E-state index contributed by atoms with van der Waals surface area (Å²) < 4.78 is 0. The van der Waals surface area contributed by atoms with Crippen molar-refractivity contribution in [1.29, 1.82) is 0 Å². The van der Waals surface area contributed by atoms with E-state index in [0.29, 0.717) is 12.5 Å². The van der Waals surface area contributed by atoms with Crippen LogP contribution in [-0.2, 0) is 0 Å². The maximum absolute atomic E-state index is 8.54. The van der Waals surface area contributed by atoms with Gasteiger partial charge >= 0.3 is 0 Å². The number of nitrogens with zero attached hydrogens (tertiary/aromatic N) is 4. The number of anilines is 1. The largest absolute Gasteiger partial charge is 0.409 e. The summed E-state index contributed by atoms with van der Waals surface area (Å²) in [4.78, 5) is 10.6. The van der Waals surface area contributed by atoms with E-state index in [1.54, 1.807) is 6.33 Å². The van der Waals surface area contributed by atoms with Gasteiger partial charge in [-0.05, 0) is 19.8 Å². The molecule has 0 atom stereocenters. The Bertz CT molecular complexity index is 416. The molecule has 0 amide bonds. The molecule has 1 aromatic rings. The molecular weight excluding hydrogens is 218 g/mol. The maximum atomic E-state index is 8.54. The third kappa shape index (κ3) is 3.05. The summed E-state index contributed by atoms with van der Waals surface area (Å²) in [6.07, 6.45) is 4.47. The van der Waals surface area contributed by atoms with Gasteiger partial charge in [0.25, 0.3) is 0 Å². The van der Waals surface area contributed by atoms with Crippen LogP contribution in [0.1, 0.15) is 25.0 Å². The molecule has 92 valence electrons. The third-order valence-corrected chi connectivity index (χ3v) is 2.81. The van der Waals surface area contributed by atoms with Crippen molar-refractivity contribution in [1.82, 2.24) is 9.97 Å². The average molecular weight is 235 g/mol. The van der Waals surface area contributed by atoms with Crippen molar-refractivity contribution < 1.29 is 5.21 Å². The standard InChI is InChI=1S/C11H17N5O/c1-8-6-11(14-7-13-8)16(9-2-3-9)5-4-10(12)15-17/h6-7,9,17H,2-5H2,1H3,(H2,12,15). The molecule has 1 aliphatic carbocycles. The molecule has 6 nitrogen and oxygen atoms in total. The van der Waals surface area contributed by atoms with Crippen molar-refractivity contribution in [2.24, 2.45) is 10.9 Å². The number of amidine groups is 1. The monoisotopic (exact) mass is 235 g/mol. The predicted molar refractivity (Wildman–Crippen MR) is 65.2 cm³/mol. The molecule has 3 N–H and O–H groups in total. The molecule has 0 aromatic carbocycles. The Morgan fingerprint density at radius 2 is 2.35 bits per heavy atom. The van der Waals surface area contributed by atoms with Crippen LogP contribution in [0.5, 0.6) is 0 Å². The minimum atomic E-state index is 0.251. The van der Waals surface area contributed by atoms with Crippen LogP contribution >= 0.6 is 0 Å². The SMILES string of the molecule is Cc1cc(N(CC/C(N)=N/O)C2CC2)ncn1. The van der Waals surface area contributed by atoms with Gasteiger partial charge in [-0.25, -0.2) is 9.97 Å². The summed E-state index contributed by atoms with van der Waals surface area (Å²) in [5.41, 5.74) is 6.44. The molecule has 0 aliphatic heterocycles. The highest BCUT2D eigenvalue weighted by Gasteiger charge is 2.29. The number of oxime groups is 1. The predicted octanol–water partition coefficient (Wildman–Crippen LogP) is 0.890. The number of hydrogen-bond acceptors (Lipinski definition) is 5. The van der Waals surface area contributed by atoms with Crippen molar-refractivity contribution in [2.45, 2.75) is 32.2 Å². The van der Waals surface area contributed by atoms with E-state index in [0.717, 1.165) is 18.1 Å². The smallest absolute Gasteiger partial charge is 0.140 e. The van der Waals surface area contributed by atoms with Crippen LogP contribution in [0.15, 0.2) is 17.5 Å². The first kappa shape index (κ1) is 11.6. The van der Waals surface area contributed by atoms with E-state index in [1.807, 2.05) is 13.0 Å². The average Bonchev–Trinajstić information content (AvgIpc) is 3.13. The second-order valence-electron chi connectivity index (χ2n) is 4.28. The van der Waals surface area contributed by atoms with Crippen molar-refractivity contribution in [3.63, 3.8) is 0 Å². The van der Waals surface area contributed by atoms with Crippen LogP contribution in [0.2, 0.25) is 0 Å². The third-order valence-electron chi connectivity index (χ3n) is 2.81. The fraction of sp³-hybridized carbons (Fsp3) is 0.545. The van der Waals surface area contributed by atoms with Gasteiger partial charge in [0.05, 0.1) is 0 Å². The highest BCUT2D eigenvalue weighted by molar-refractivity contribution is 5.80. The van der Waals surface area contributed by atoms with E-state index in [9.17, 15) is 0 Å². The highest BCUT2D eigenvalue weighted by atomic mass is 16.4. The van der Waals surface area contributed by atoms with Crippen LogP contribution in [-0.4, -0.2) is 33.6 Å². The molecule has 0 radical (unpaired) electrons. The number of hydrogen-bond donors (Lipinski definition) is 2. The fourth-order valence-electron chi connectivity index (χ4n) is 1.75. The summed E-state index contributed by atoms with van der Waals surface area (Å²) in [6, 6.07) is 2.50. The number of aryl methyl sites for hydroxylation is 1. The molecule has 2 rings (SSSR count). The zero-order valence-corrected chi connectivity index (χ0v) is 9.87. The first-order valence-electron chi connectivity index (χ1n) is 5.72. The molecule has 1 aromatic heterocycles. The van der Waals surface area contributed by atoms with Crippen molar-refractivity contribution in [3.05, 3.63) is 18.1 Å². The molecule has 0 spiro atoms. The molecule has 17 heavy (non-hydrogen) atoms. The molecular formula is C11H17N5O. The van der Waals surface area contributed by atoms with Gasteiger partial charge in [-0.2, -0.15) is 0 Å². The van der Waals surface area contributed by atoms with Crippen LogP contribution in [0.4, 0.5) is 5.82 Å². The van der Waals surface area contributed by atoms with Crippen molar-refractivity contribution in [3.8, 4) is 0 Å². The first-order chi connectivity index (χ1) is 8.20. The molecule has 6 heteroatoms. The van der Waals surface area contributed by atoms with Crippen LogP contribution < -0.4 is 10.6 Å². The maximum Gasteiger partial charge on any atom is 0.140 e. The summed E-state index contributed by atoms with van der Waals surface area (Å²) in [5, 5.41) is 11.5. The van der Waals surface area contributed by atoms with Crippen molar-refractivity contribution in [2.75, 3.05) is 11.4 Å². The van der Waals surface area contributed by atoms with Gasteiger partial charge in [0.15, 0.2) is 0 Å². The number of nitrogens with two attached hydrogens (primary N) is 1. The molecule has 1 aliphatic rings. The lowest BCUT2D eigenvalue weighted by atomic mass is 10.3. The van der Waals surface area contributed by atoms with E-state index in [1.165, 1.54) is 12.8 Å². The lowest BCUT2D eigenvalue weighted by Gasteiger charge is -2.23. The molecule has 1 saturated carbocycles. The Morgan fingerprint density at radius 1 is 1.59 bits per heavy atom. The zero-order chi connectivity index (χ0) is 12.3. The normalized spacial score (nSPS) is 15.9. The van der Waals surface area contributed by atoms with Gasteiger partial charge in [0, 0.05) is 30.8 Å². The van der Waals surface area contributed by atoms with Crippen LogP contribution in [0, 0.1) is 6.92 Å². The van der Waals surface area contributed by atoms with Crippen LogP contribution in [0.3, 0.4) is 0 Å². The minimum Gasteiger partial charge on any atom is -0.409 e. The van der Waals surface area contributed by atoms with Gasteiger partial charge in [0.1, 0.15) is 18.0 Å². The number of aromatic nitrogens is 2. The van der Waals surface area contributed by atoms with E-state index < -0.39 is 0 Å². The summed E-state index contributed by atoms with van der Waals surface area (Å²) in [7, 11) is 0. The second-order valence-corrected chi connectivity index (χ2v) is 4.28. The Morgan fingerprint density at radius 3 is 2.94 bits per heavy atom. The summed E-state index contributed by atoms with van der Waals surface area (Å²) >= 11 is 0. The molecule has 0 unspecified atom stereocenters. The lowest BCUT2D eigenvalue weighted by Crippen LogP contribution is -2.31. The first-order valence-corrected chi connectivity index (χ1v) is 5.72. The van der Waals surface area contributed by atoms with E-state index in [4.69, 9.17) is 10.9 Å². The van der Waals surface area contributed by atoms with E-state index >= 15 is 0 Å². The van der Waals surface area contributed by atoms with Gasteiger partial charge in [0.2, 0.25) is 0 Å². The van der Waals surface area contributed by atoms with Gasteiger partial charge in [-0.15, -0.1) is 0 Å². The highest BCUT2D eigenvalue weighted by Crippen LogP contribution is 2.30. The van der Waals surface area contributed by atoms with Crippen molar-refractivity contribution >= 4 is 11.7 Å². The zero-order valence-electron chi connectivity index (χ0n) is 9.87. The minimum absolute atomic E-state index is 0.251. The van der Waals surface area contributed by atoms with Gasteiger partial charge in [-0.1, -0.05) is 5.16 Å².